The molecule has 9 heteroatoms. The van der Waals surface area contributed by atoms with Crippen molar-refractivity contribution in [3.8, 4) is 0 Å². The van der Waals surface area contributed by atoms with Gasteiger partial charge in [-0.1, -0.05) is 25.7 Å². The smallest absolute Gasteiger partial charge is 0.313 e. The lowest BCUT2D eigenvalue weighted by atomic mass is 9.62. The van der Waals surface area contributed by atoms with Gasteiger partial charge in [-0.3, -0.25) is 14.4 Å². The molecule has 9 nitrogen and oxygen atoms in total. The van der Waals surface area contributed by atoms with E-state index in [1.807, 2.05) is 38.1 Å². The van der Waals surface area contributed by atoms with Crippen LogP contribution in [0.15, 0.2) is 49.6 Å². The van der Waals surface area contributed by atoms with E-state index in [0.29, 0.717) is 37.9 Å². The van der Waals surface area contributed by atoms with Crippen LogP contribution in [0.25, 0.3) is 0 Å². The highest BCUT2D eigenvalue weighted by Gasteiger charge is 2.80. The molecule has 42 heavy (non-hydrogen) atoms. The van der Waals surface area contributed by atoms with Crippen LogP contribution >= 0.6 is 0 Å². The van der Waals surface area contributed by atoms with E-state index >= 15 is 0 Å². The number of anilines is 2. The van der Waals surface area contributed by atoms with E-state index in [-0.39, 0.29) is 37.5 Å². The molecule has 1 N–H and O–H groups in total. The van der Waals surface area contributed by atoms with Crippen molar-refractivity contribution in [3.63, 3.8) is 0 Å². The topological polar surface area (TPSA) is 99.6 Å². The SMILES string of the molecule is C=CCOC(=O)[C@H]1[C@H]2C(=O)N(CCCCCO)C(C(=O)N(CC=C)c3ccc(N(CC)CC)cc3)C23CC(C)[C@]1(C)O3. The monoisotopic (exact) mass is 581 g/mol. The summed E-state index contributed by atoms with van der Waals surface area (Å²) in [5.74, 6) is -2.71. The van der Waals surface area contributed by atoms with Gasteiger partial charge >= 0.3 is 5.97 Å². The second-order valence-corrected chi connectivity index (χ2v) is 11.9. The third-order valence-corrected chi connectivity index (χ3v) is 9.57. The second kappa shape index (κ2) is 13.0. The number of unbranched alkanes of at least 4 members (excludes halogenated alkanes) is 2. The summed E-state index contributed by atoms with van der Waals surface area (Å²) >= 11 is 0. The number of nitrogens with zero attached hydrogens (tertiary/aromatic N) is 3. The lowest BCUT2D eigenvalue weighted by Gasteiger charge is -2.37. The number of likely N-dealkylation sites (tertiary alicyclic amines) is 1. The first-order valence-electron chi connectivity index (χ1n) is 15.3. The number of carbonyl (C=O) groups is 3. The van der Waals surface area contributed by atoms with Gasteiger partial charge in [0.25, 0.3) is 5.91 Å². The molecule has 1 aromatic rings. The highest BCUT2D eigenvalue weighted by molar-refractivity contribution is 6.05. The van der Waals surface area contributed by atoms with Gasteiger partial charge in [-0.15, -0.1) is 6.58 Å². The summed E-state index contributed by atoms with van der Waals surface area (Å²) in [5, 5.41) is 9.30. The maximum atomic E-state index is 14.7. The van der Waals surface area contributed by atoms with Crippen molar-refractivity contribution < 1.29 is 29.0 Å². The number of aliphatic hydroxyl groups excluding tert-OH is 1. The van der Waals surface area contributed by atoms with Crippen LogP contribution in [0.5, 0.6) is 0 Å². The molecule has 3 saturated heterocycles. The lowest BCUT2D eigenvalue weighted by molar-refractivity contribution is -0.160. The fraction of sp³-hybridized carbons (Fsp3) is 0.606. The van der Waals surface area contributed by atoms with Crippen LogP contribution in [-0.2, 0) is 23.9 Å². The maximum absolute atomic E-state index is 14.7. The van der Waals surface area contributed by atoms with Crippen LogP contribution in [0.3, 0.4) is 0 Å². The maximum Gasteiger partial charge on any atom is 0.313 e. The molecule has 2 bridgehead atoms. The molecule has 2 amide bonds. The van der Waals surface area contributed by atoms with Gasteiger partial charge in [0.1, 0.15) is 24.2 Å². The summed E-state index contributed by atoms with van der Waals surface area (Å²) in [5.41, 5.74) is -0.320. The molecule has 3 unspecified atom stereocenters. The quantitative estimate of drug-likeness (QED) is 0.190. The van der Waals surface area contributed by atoms with Gasteiger partial charge in [-0.05, 0) is 76.6 Å². The van der Waals surface area contributed by atoms with Gasteiger partial charge in [0.2, 0.25) is 5.91 Å². The fourth-order valence-electron chi connectivity index (χ4n) is 7.45. The van der Waals surface area contributed by atoms with Gasteiger partial charge < -0.3 is 29.3 Å². The van der Waals surface area contributed by atoms with Crippen LogP contribution < -0.4 is 9.80 Å². The largest absolute Gasteiger partial charge is 0.461 e. The normalized spacial score (nSPS) is 29.4. The van der Waals surface area contributed by atoms with Crippen LogP contribution in [0.2, 0.25) is 0 Å². The minimum absolute atomic E-state index is 0.0392. The number of amides is 2. The van der Waals surface area contributed by atoms with Crippen molar-refractivity contribution in [3.05, 3.63) is 49.6 Å². The summed E-state index contributed by atoms with van der Waals surface area (Å²) < 4.78 is 12.3. The molecule has 4 rings (SSSR count). The Kier molecular flexibility index (Phi) is 9.83. The lowest BCUT2D eigenvalue weighted by Crippen LogP contribution is -2.57. The molecule has 3 aliphatic rings. The van der Waals surface area contributed by atoms with Crippen LogP contribution in [-0.4, -0.2) is 84.4 Å². The Labute approximate surface area is 250 Å². The van der Waals surface area contributed by atoms with E-state index in [9.17, 15) is 19.5 Å². The van der Waals surface area contributed by atoms with E-state index < -0.39 is 35.0 Å². The fourth-order valence-corrected chi connectivity index (χ4v) is 7.45. The van der Waals surface area contributed by atoms with Crippen molar-refractivity contribution in [1.29, 1.82) is 0 Å². The first-order valence-corrected chi connectivity index (χ1v) is 15.3. The van der Waals surface area contributed by atoms with Crippen molar-refractivity contribution in [2.24, 2.45) is 17.8 Å². The van der Waals surface area contributed by atoms with Gasteiger partial charge in [0, 0.05) is 44.2 Å². The van der Waals surface area contributed by atoms with E-state index in [1.165, 1.54) is 6.08 Å². The standard InChI is InChI=1S/C33H47N3O6/c1-7-18-35(25-16-14-24(15-17-25)34(9-3)10-4)30(39)28-33-22-23(5)32(6,42-33)27(31(40)41-21-8-2)26(33)29(38)36(28)19-12-11-13-20-37/h7-8,14-17,23,26-28,37H,1-2,9-13,18-22H2,3-6H3/t23?,26-,27+,28?,32-,33?/m0/s1. The van der Waals surface area contributed by atoms with E-state index in [0.717, 1.165) is 18.8 Å². The first-order chi connectivity index (χ1) is 20.1. The molecule has 0 aromatic heterocycles. The summed E-state index contributed by atoms with van der Waals surface area (Å²) in [7, 11) is 0. The molecule has 3 aliphatic heterocycles. The Balaban J connectivity index is 1.76. The predicted octanol–water partition coefficient (Wildman–Crippen LogP) is 3.95. The molecule has 0 radical (unpaired) electrons. The third-order valence-electron chi connectivity index (χ3n) is 9.57. The molecule has 3 heterocycles. The zero-order valence-electron chi connectivity index (χ0n) is 25.6. The second-order valence-electron chi connectivity index (χ2n) is 11.9. The van der Waals surface area contributed by atoms with Crippen LogP contribution in [0, 0.1) is 17.8 Å². The Morgan fingerprint density at radius 1 is 1.12 bits per heavy atom. The number of hydrogen-bond acceptors (Lipinski definition) is 7. The van der Waals surface area contributed by atoms with Gasteiger partial charge in [-0.2, -0.15) is 0 Å². The molecular weight excluding hydrogens is 534 g/mol. The molecule has 1 aromatic carbocycles. The average molecular weight is 582 g/mol. The molecule has 3 fully saturated rings. The summed E-state index contributed by atoms with van der Waals surface area (Å²) in [4.78, 5) is 48.0. The number of aliphatic hydroxyl groups is 1. The molecule has 0 saturated carbocycles. The van der Waals surface area contributed by atoms with Crippen molar-refractivity contribution in [2.75, 3.05) is 49.2 Å². The van der Waals surface area contributed by atoms with E-state index in [2.05, 4.69) is 31.9 Å². The average Bonchev–Trinajstić information content (AvgIpc) is 3.50. The first kappa shape index (κ1) is 31.8. The molecule has 0 aliphatic carbocycles. The molecule has 230 valence electrons. The van der Waals surface area contributed by atoms with Crippen molar-refractivity contribution in [1.82, 2.24) is 4.90 Å². The van der Waals surface area contributed by atoms with Gasteiger partial charge in [-0.25, -0.2) is 0 Å². The molecule has 1 spiro atoms. The predicted molar refractivity (Wildman–Crippen MR) is 163 cm³/mol. The van der Waals surface area contributed by atoms with E-state index in [4.69, 9.17) is 9.47 Å². The van der Waals surface area contributed by atoms with E-state index in [1.54, 1.807) is 15.9 Å². The Morgan fingerprint density at radius 3 is 2.38 bits per heavy atom. The molecule has 6 atom stereocenters. The number of rotatable bonds is 15. The number of benzene rings is 1. The number of ether oxygens (including phenoxy) is 2. The minimum atomic E-state index is -1.16. The van der Waals surface area contributed by atoms with Crippen molar-refractivity contribution >= 4 is 29.2 Å². The van der Waals surface area contributed by atoms with Crippen LogP contribution in [0.4, 0.5) is 11.4 Å². The Hall–Kier alpha value is -3.17. The minimum Gasteiger partial charge on any atom is -0.461 e. The third kappa shape index (κ3) is 5.26. The Bertz CT molecular complexity index is 1170. The summed E-state index contributed by atoms with van der Waals surface area (Å²) in [6.07, 6.45) is 5.61. The zero-order chi connectivity index (χ0) is 30.7. The van der Waals surface area contributed by atoms with Crippen LogP contribution in [0.1, 0.15) is 53.4 Å². The number of fused-ring (bicyclic) bond motifs is 1. The molecular formula is C33H47N3O6. The highest BCUT2D eigenvalue weighted by atomic mass is 16.6. The summed E-state index contributed by atoms with van der Waals surface area (Å²) in [6.45, 7) is 18.1. The van der Waals surface area contributed by atoms with Gasteiger partial charge in [0.15, 0.2) is 0 Å². The zero-order valence-corrected chi connectivity index (χ0v) is 25.6. The number of carbonyl (C=O) groups excluding carboxylic acids is 3. The number of hydrogen-bond donors (Lipinski definition) is 1. The van der Waals surface area contributed by atoms with Crippen molar-refractivity contribution in [2.45, 2.75) is 70.6 Å². The highest BCUT2D eigenvalue weighted by Crippen LogP contribution is 2.65. The summed E-state index contributed by atoms with van der Waals surface area (Å²) in [6, 6.07) is 6.96. The Morgan fingerprint density at radius 2 is 1.79 bits per heavy atom. The van der Waals surface area contributed by atoms with Gasteiger partial charge in [0.05, 0.1) is 11.5 Å². The number of esters is 1.